The van der Waals surface area contributed by atoms with E-state index in [1.54, 1.807) is 0 Å². The third-order valence-electron chi connectivity index (χ3n) is 5.88. The summed E-state index contributed by atoms with van der Waals surface area (Å²) in [6, 6.07) is 2.80. The average molecular weight is 324 g/mol. The molecule has 4 heteroatoms. The van der Waals surface area contributed by atoms with Crippen LogP contribution < -0.4 is 10.6 Å². The predicted molar refractivity (Wildman–Crippen MR) is 97.2 cm³/mol. The molecular weight excluding hydrogens is 290 g/mol. The Morgan fingerprint density at radius 2 is 1.55 bits per heavy atom. The Morgan fingerprint density at radius 3 is 2.18 bits per heavy atom. The number of piperidine rings is 2. The smallest absolute Gasteiger partial charge is 0.166 e. The maximum atomic E-state index is 5.59. The van der Waals surface area contributed by atoms with E-state index < -0.39 is 0 Å². The minimum Gasteiger partial charge on any atom is -0.360 e. The standard InChI is InChI=1S/C18H33N3S/c1-2-11-21-16-9-6-10-17(21)13-15(12-16)20-18(22)19-14-7-4-3-5-8-14/h14-17H,2-13H2,1H3,(H2,19,20,22)/t16-,17-/m1/s1. The van der Waals surface area contributed by atoms with Gasteiger partial charge in [0.15, 0.2) is 5.11 Å². The quantitative estimate of drug-likeness (QED) is 0.773. The molecule has 0 aromatic rings. The molecule has 2 saturated heterocycles. The Labute approximate surface area is 141 Å². The van der Waals surface area contributed by atoms with Crippen LogP contribution in [0.5, 0.6) is 0 Å². The zero-order valence-electron chi connectivity index (χ0n) is 14.2. The maximum Gasteiger partial charge on any atom is 0.166 e. The van der Waals surface area contributed by atoms with Gasteiger partial charge >= 0.3 is 0 Å². The topological polar surface area (TPSA) is 27.3 Å². The van der Waals surface area contributed by atoms with E-state index in [-0.39, 0.29) is 0 Å². The monoisotopic (exact) mass is 323 g/mol. The highest BCUT2D eigenvalue weighted by Gasteiger charge is 2.37. The van der Waals surface area contributed by atoms with Crippen molar-refractivity contribution in [3.8, 4) is 0 Å². The van der Waals surface area contributed by atoms with Gasteiger partial charge in [0.25, 0.3) is 0 Å². The van der Waals surface area contributed by atoms with Crippen molar-refractivity contribution in [2.75, 3.05) is 6.54 Å². The Morgan fingerprint density at radius 1 is 0.909 bits per heavy atom. The zero-order valence-corrected chi connectivity index (χ0v) is 15.0. The van der Waals surface area contributed by atoms with Crippen molar-refractivity contribution in [3.63, 3.8) is 0 Å². The van der Waals surface area contributed by atoms with E-state index >= 15 is 0 Å². The van der Waals surface area contributed by atoms with Crippen LogP contribution in [-0.2, 0) is 0 Å². The molecule has 2 aliphatic heterocycles. The van der Waals surface area contributed by atoms with Crippen molar-refractivity contribution in [2.45, 2.75) is 102 Å². The zero-order chi connectivity index (χ0) is 15.4. The van der Waals surface area contributed by atoms with Gasteiger partial charge in [-0.3, -0.25) is 4.90 Å². The third-order valence-corrected chi connectivity index (χ3v) is 6.12. The van der Waals surface area contributed by atoms with Crippen molar-refractivity contribution < 1.29 is 0 Å². The summed E-state index contributed by atoms with van der Waals surface area (Å²) in [5.74, 6) is 0. The molecule has 0 unspecified atom stereocenters. The summed E-state index contributed by atoms with van der Waals surface area (Å²) in [6.45, 7) is 3.59. The fraction of sp³-hybridized carbons (Fsp3) is 0.944. The first-order valence-electron chi connectivity index (χ1n) is 9.59. The van der Waals surface area contributed by atoms with Gasteiger partial charge in [0.1, 0.15) is 0 Å². The molecule has 1 aliphatic carbocycles. The Bertz CT molecular complexity index is 353. The molecule has 3 aliphatic rings. The molecule has 2 bridgehead atoms. The number of hydrogen-bond donors (Lipinski definition) is 2. The molecule has 3 fully saturated rings. The van der Waals surface area contributed by atoms with Gasteiger partial charge in [0.2, 0.25) is 0 Å². The highest BCUT2D eigenvalue weighted by molar-refractivity contribution is 7.80. The van der Waals surface area contributed by atoms with Gasteiger partial charge in [-0.05, 0) is 63.7 Å². The molecule has 0 aromatic carbocycles. The lowest BCUT2D eigenvalue weighted by molar-refractivity contribution is 0.0282. The highest BCUT2D eigenvalue weighted by atomic mass is 32.1. The summed E-state index contributed by atoms with van der Waals surface area (Å²) in [4.78, 5) is 2.79. The Balaban J connectivity index is 1.48. The van der Waals surface area contributed by atoms with E-state index in [4.69, 9.17) is 12.2 Å². The van der Waals surface area contributed by atoms with Crippen molar-refractivity contribution in [1.29, 1.82) is 0 Å². The summed E-state index contributed by atoms with van der Waals surface area (Å²) in [5.41, 5.74) is 0. The molecule has 0 spiro atoms. The van der Waals surface area contributed by atoms with Crippen molar-refractivity contribution >= 4 is 17.3 Å². The minimum absolute atomic E-state index is 0.590. The normalized spacial score (nSPS) is 33.4. The molecule has 0 aromatic heterocycles. The molecule has 0 radical (unpaired) electrons. The maximum absolute atomic E-state index is 5.59. The molecule has 1 saturated carbocycles. The number of fused-ring (bicyclic) bond motifs is 2. The molecule has 3 nitrogen and oxygen atoms in total. The van der Waals surface area contributed by atoms with Crippen LogP contribution in [0.4, 0.5) is 0 Å². The SMILES string of the molecule is CCCN1[C@@H]2CCC[C@@H]1CC(NC(=S)NC1CCCCC1)C2. The van der Waals surface area contributed by atoms with E-state index in [2.05, 4.69) is 22.5 Å². The van der Waals surface area contributed by atoms with Gasteiger partial charge in [-0.15, -0.1) is 0 Å². The summed E-state index contributed by atoms with van der Waals surface area (Å²) in [6.07, 6.45) is 14.8. The van der Waals surface area contributed by atoms with Crippen molar-refractivity contribution in [2.24, 2.45) is 0 Å². The first-order valence-corrected chi connectivity index (χ1v) is 10.00. The Kier molecular flexibility index (Phi) is 5.97. The average Bonchev–Trinajstić information content (AvgIpc) is 2.49. The van der Waals surface area contributed by atoms with E-state index in [0.717, 1.165) is 17.2 Å². The second-order valence-corrected chi connectivity index (χ2v) is 8.01. The number of rotatable bonds is 4. The molecule has 3 rings (SSSR count). The number of hydrogen-bond acceptors (Lipinski definition) is 2. The molecule has 2 atom stereocenters. The van der Waals surface area contributed by atoms with Crippen LogP contribution in [0.1, 0.15) is 77.6 Å². The van der Waals surface area contributed by atoms with Gasteiger partial charge in [0, 0.05) is 24.2 Å². The second kappa shape index (κ2) is 7.96. The van der Waals surface area contributed by atoms with E-state index in [0.29, 0.717) is 12.1 Å². The predicted octanol–water partition coefficient (Wildman–Crippen LogP) is 3.58. The summed E-state index contributed by atoms with van der Waals surface area (Å²) >= 11 is 5.59. The van der Waals surface area contributed by atoms with Gasteiger partial charge in [-0.2, -0.15) is 0 Å². The van der Waals surface area contributed by atoms with Crippen LogP contribution in [0.2, 0.25) is 0 Å². The summed E-state index contributed by atoms with van der Waals surface area (Å²) in [5, 5.41) is 8.14. The van der Waals surface area contributed by atoms with Crippen LogP contribution in [0, 0.1) is 0 Å². The lowest BCUT2D eigenvalue weighted by atomic mass is 9.81. The van der Waals surface area contributed by atoms with E-state index in [9.17, 15) is 0 Å². The van der Waals surface area contributed by atoms with Crippen molar-refractivity contribution in [3.05, 3.63) is 0 Å². The fourth-order valence-electron chi connectivity index (χ4n) is 4.88. The van der Waals surface area contributed by atoms with E-state index in [1.807, 2.05) is 0 Å². The van der Waals surface area contributed by atoms with Crippen LogP contribution in [0.25, 0.3) is 0 Å². The van der Waals surface area contributed by atoms with Crippen LogP contribution in [0.3, 0.4) is 0 Å². The molecule has 126 valence electrons. The lowest BCUT2D eigenvalue weighted by Gasteiger charge is -2.49. The lowest BCUT2D eigenvalue weighted by Crippen LogP contribution is -2.58. The van der Waals surface area contributed by atoms with Gasteiger partial charge in [-0.25, -0.2) is 0 Å². The number of nitrogens with one attached hydrogen (secondary N) is 2. The third kappa shape index (κ3) is 4.14. The van der Waals surface area contributed by atoms with Crippen LogP contribution >= 0.6 is 12.2 Å². The largest absolute Gasteiger partial charge is 0.360 e. The van der Waals surface area contributed by atoms with Gasteiger partial charge in [0.05, 0.1) is 0 Å². The number of thiocarbonyl (C=S) groups is 1. The second-order valence-electron chi connectivity index (χ2n) is 7.60. The first-order chi connectivity index (χ1) is 10.8. The highest BCUT2D eigenvalue weighted by Crippen LogP contribution is 2.34. The molecule has 0 amide bonds. The van der Waals surface area contributed by atoms with Gasteiger partial charge < -0.3 is 10.6 Å². The molecule has 2 heterocycles. The summed E-state index contributed by atoms with van der Waals surface area (Å²) in [7, 11) is 0. The van der Waals surface area contributed by atoms with E-state index in [1.165, 1.54) is 77.2 Å². The Hall–Kier alpha value is -0.350. The molecule has 2 N–H and O–H groups in total. The van der Waals surface area contributed by atoms with Crippen molar-refractivity contribution in [1.82, 2.24) is 15.5 Å². The minimum atomic E-state index is 0.590. The fourth-order valence-corrected chi connectivity index (χ4v) is 5.21. The molecule has 22 heavy (non-hydrogen) atoms. The summed E-state index contributed by atoms with van der Waals surface area (Å²) < 4.78 is 0. The molecular formula is C18H33N3S. The van der Waals surface area contributed by atoms with Crippen LogP contribution in [-0.4, -0.2) is 40.7 Å². The van der Waals surface area contributed by atoms with Crippen LogP contribution in [0.15, 0.2) is 0 Å². The first kappa shape index (κ1) is 16.5. The number of nitrogens with zero attached hydrogens (tertiary/aromatic N) is 1. The van der Waals surface area contributed by atoms with Gasteiger partial charge in [-0.1, -0.05) is 32.6 Å².